The molecule has 1 aliphatic heterocycles. The number of anilines is 1. The molecule has 124 valence electrons. The number of para-hydroxylation sites is 1. The number of hydrogen-bond acceptors (Lipinski definition) is 2. The molecule has 1 heterocycles. The third-order valence-corrected chi connectivity index (χ3v) is 4.47. The van der Waals surface area contributed by atoms with Crippen molar-refractivity contribution in [1.82, 2.24) is 0 Å². The number of benzene rings is 3. The summed E-state index contributed by atoms with van der Waals surface area (Å²) >= 11 is 0. The summed E-state index contributed by atoms with van der Waals surface area (Å²) in [5, 5.41) is 0. The van der Waals surface area contributed by atoms with Crippen LogP contribution in [0.5, 0.6) is 0 Å². The summed E-state index contributed by atoms with van der Waals surface area (Å²) in [6, 6.07) is 28.9. The molecule has 0 saturated carbocycles. The molecule has 25 heavy (non-hydrogen) atoms. The molecule has 0 aliphatic carbocycles. The number of aliphatic imine (C=N–C) groups is 1. The minimum atomic E-state index is -1.12. The number of hydrogen-bond donors (Lipinski definition) is 0. The van der Waals surface area contributed by atoms with E-state index < -0.39 is 12.2 Å². The van der Waals surface area contributed by atoms with Gasteiger partial charge in [-0.3, -0.25) is 4.99 Å². The molecule has 0 N–H and O–H groups in total. The van der Waals surface area contributed by atoms with E-state index in [1.807, 2.05) is 91.0 Å². The molecule has 3 aromatic carbocycles. The van der Waals surface area contributed by atoms with Crippen molar-refractivity contribution in [3.8, 4) is 0 Å². The molecule has 2 nitrogen and oxygen atoms in total. The fourth-order valence-corrected chi connectivity index (χ4v) is 3.21. The number of amidine groups is 1. The van der Waals surface area contributed by atoms with Crippen LogP contribution in [-0.2, 0) is 0 Å². The van der Waals surface area contributed by atoms with E-state index in [0.29, 0.717) is 12.1 Å². The van der Waals surface area contributed by atoms with Crippen LogP contribution >= 0.6 is 0 Å². The molecule has 2 atom stereocenters. The minimum absolute atomic E-state index is 0.419. The molecule has 1 aliphatic rings. The Bertz CT molecular complexity index is 847. The summed E-state index contributed by atoms with van der Waals surface area (Å²) in [5.41, 5.74) is 2.72. The van der Waals surface area contributed by atoms with Crippen molar-refractivity contribution in [3.63, 3.8) is 0 Å². The van der Waals surface area contributed by atoms with Crippen molar-refractivity contribution >= 4 is 11.5 Å². The zero-order valence-electron chi connectivity index (χ0n) is 13.8. The number of alkyl halides is 1. The van der Waals surface area contributed by atoms with Gasteiger partial charge in [-0.1, -0.05) is 78.9 Å². The number of halogens is 1. The van der Waals surface area contributed by atoms with Gasteiger partial charge in [0.25, 0.3) is 0 Å². The Balaban J connectivity index is 1.70. The SMILES string of the molecule is F[C@H](c1ccccc1)[C@@H]1CN(c2ccccc2)C(c2ccccc2)=N1. The molecule has 0 bridgehead atoms. The predicted octanol–water partition coefficient (Wildman–Crippen LogP) is 5.03. The van der Waals surface area contributed by atoms with Crippen LogP contribution in [0, 0.1) is 0 Å². The van der Waals surface area contributed by atoms with Crippen molar-refractivity contribution in [3.05, 3.63) is 102 Å². The van der Waals surface area contributed by atoms with Gasteiger partial charge in [0.15, 0.2) is 0 Å². The van der Waals surface area contributed by atoms with Gasteiger partial charge < -0.3 is 4.90 Å². The molecule has 0 amide bonds. The van der Waals surface area contributed by atoms with Crippen molar-refractivity contribution in [2.24, 2.45) is 4.99 Å². The van der Waals surface area contributed by atoms with Gasteiger partial charge in [-0.15, -0.1) is 0 Å². The zero-order valence-corrected chi connectivity index (χ0v) is 13.8. The molecule has 4 rings (SSSR count). The first-order chi connectivity index (χ1) is 12.3. The van der Waals surface area contributed by atoms with E-state index in [2.05, 4.69) is 4.90 Å². The van der Waals surface area contributed by atoms with Gasteiger partial charge in [0, 0.05) is 11.3 Å². The van der Waals surface area contributed by atoms with Crippen LogP contribution in [-0.4, -0.2) is 18.4 Å². The van der Waals surface area contributed by atoms with Crippen LogP contribution in [0.25, 0.3) is 0 Å². The summed E-state index contributed by atoms with van der Waals surface area (Å²) in [5.74, 6) is 0.829. The zero-order chi connectivity index (χ0) is 17.1. The summed E-state index contributed by atoms with van der Waals surface area (Å²) in [7, 11) is 0. The molecule has 0 unspecified atom stereocenters. The lowest BCUT2D eigenvalue weighted by Crippen LogP contribution is -2.30. The Morgan fingerprint density at radius 1 is 0.800 bits per heavy atom. The van der Waals surface area contributed by atoms with Crippen molar-refractivity contribution < 1.29 is 4.39 Å². The van der Waals surface area contributed by atoms with Gasteiger partial charge in [-0.2, -0.15) is 0 Å². The lowest BCUT2D eigenvalue weighted by molar-refractivity contribution is 0.299. The molecule has 0 spiro atoms. The normalized spacial score (nSPS) is 18.0. The Morgan fingerprint density at radius 3 is 2.00 bits per heavy atom. The Labute approximate surface area is 147 Å². The van der Waals surface area contributed by atoms with Gasteiger partial charge in [0.1, 0.15) is 18.0 Å². The number of nitrogens with zero attached hydrogens (tertiary/aromatic N) is 2. The van der Waals surface area contributed by atoms with Crippen LogP contribution in [0.4, 0.5) is 10.1 Å². The Hall–Kier alpha value is -2.94. The van der Waals surface area contributed by atoms with E-state index in [4.69, 9.17) is 4.99 Å². The molecular formula is C22H19FN2. The van der Waals surface area contributed by atoms with Gasteiger partial charge >= 0.3 is 0 Å². The molecule has 3 heteroatoms. The predicted molar refractivity (Wildman–Crippen MR) is 101 cm³/mol. The molecule has 0 saturated heterocycles. The summed E-state index contributed by atoms with van der Waals surface area (Å²) < 4.78 is 15.1. The lowest BCUT2D eigenvalue weighted by Gasteiger charge is -2.22. The monoisotopic (exact) mass is 330 g/mol. The maximum atomic E-state index is 15.1. The van der Waals surface area contributed by atoms with Gasteiger partial charge in [0.05, 0.1) is 6.54 Å². The Morgan fingerprint density at radius 2 is 1.36 bits per heavy atom. The standard InChI is InChI=1S/C22H19FN2/c23-21(17-10-4-1-5-11-17)20-16-25(19-14-8-3-9-15-19)22(24-20)18-12-6-2-7-13-18/h1-15,20-21H,16H2/t20-,21+/m0/s1. The quantitative estimate of drug-likeness (QED) is 0.655. The van der Waals surface area contributed by atoms with Crippen LogP contribution < -0.4 is 4.90 Å². The summed E-state index contributed by atoms with van der Waals surface area (Å²) in [6.45, 7) is 0.532. The van der Waals surface area contributed by atoms with Crippen molar-refractivity contribution in [2.45, 2.75) is 12.2 Å². The minimum Gasteiger partial charge on any atom is -0.324 e. The first-order valence-corrected chi connectivity index (χ1v) is 8.48. The third kappa shape index (κ3) is 3.18. The molecule has 3 aromatic rings. The second-order valence-corrected chi connectivity index (χ2v) is 6.14. The third-order valence-electron chi connectivity index (χ3n) is 4.47. The topological polar surface area (TPSA) is 15.6 Å². The molecule has 0 radical (unpaired) electrons. The maximum Gasteiger partial charge on any atom is 0.149 e. The van der Waals surface area contributed by atoms with Gasteiger partial charge in [-0.05, 0) is 17.7 Å². The summed E-state index contributed by atoms with van der Waals surface area (Å²) in [4.78, 5) is 6.87. The van der Waals surface area contributed by atoms with E-state index in [9.17, 15) is 0 Å². The highest BCUT2D eigenvalue weighted by Gasteiger charge is 2.33. The first-order valence-electron chi connectivity index (χ1n) is 8.48. The average molecular weight is 330 g/mol. The number of rotatable bonds is 4. The fourth-order valence-electron chi connectivity index (χ4n) is 3.21. The molecule has 0 aromatic heterocycles. The largest absolute Gasteiger partial charge is 0.324 e. The van der Waals surface area contributed by atoms with E-state index in [0.717, 1.165) is 17.1 Å². The van der Waals surface area contributed by atoms with E-state index >= 15 is 4.39 Å². The highest BCUT2D eigenvalue weighted by atomic mass is 19.1. The molecular weight excluding hydrogens is 311 g/mol. The van der Waals surface area contributed by atoms with E-state index in [1.54, 1.807) is 0 Å². The highest BCUT2D eigenvalue weighted by molar-refractivity contribution is 6.11. The van der Waals surface area contributed by atoms with Crippen LogP contribution in [0.15, 0.2) is 96.0 Å². The average Bonchev–Trinajstić information content (AvgIpc) is 3.15. The first kappa shape index (κ1) is 15.6. The second-order valence-electron chi connectivity index (χ2n) is 6.14. The fraction of sp³-hybridized carbons (Fsp3) is 0.136. The Kier molecular flexibility index (Phi) is 4.30. The lowest BCUT2D eigenvalue weighted by atomic mass is 10.0. The smallest absolute Gasteiger partial charge is 0.149 e. The van der Waals surface area contributed by atoms with Crippen molar-refractivity contribution in [1.29, 1.82) is 0 Å². The maximum absolute atomic E-state index is 15.1. The van der Waals surface area contributed by atoms with Crippen LogP contribution in [0.1, 0.15) is 17.3 Å². The van der Waals surface area contributed by atoms with Crippen LogP contribution in [0.2, 0.25) is 0 Å². The van der Waals surface area contributed by atoms with Crippen molar-refractivity contribution in [2.75, 3.05) is 11.4 Å². The summed E-state index contributed by atoms with van der Waals surface area (Å²) in [6.07, 6.45) is -1.12. The van der Waals surface area contributed by atoms with E-state index in [-0.39, 0.29) is 0 Å². The van der Waals surface area contributed by atoms with Gasteiger partial charge in [0.2, 0.25) is 0 Å². The van der Waals surface area contributed by atoms with Gasteiger partial charge in [-0.25, -0.2) is 4.39 Å². The molecule has 0 fully saturated rings. The van der Waals surface area contributed by atoms with E-state index in [1.165, 1.54) is 0 Å². The second kappa shape index (κ2) is 6.89. The van der Waals surface area contributed by atoms with Crippen LogP contribution in [0.3, 0.4) is 0 Å². The highest BCUT2D eigenvalue weighted by Crippen LogP contribution is 2.31.